The maximum absolute atomic E-state index is 13.2. The van der Waals surface area contributed by atoms with Crippen LogP contribution in [0.25, 0.3) is 28.1 Å². The highest BCUT2D eigenvalue weighted by atomic mass is 19.4. The topological polar surface area (TPSA) is 80.9 Å². The lowest BCUT2D eigenvalue weighted by Gasteiger charge is -2.09. The molecule has 4 aromatic rings. The molecule has 0 spiro atoms. The first-order valence-electron chi connectivity index (χ1n) is 7.25. The summed E-state index contributed by atoms with van der Waals surface area (Å²) in [6.45, 7) is 1.79. The summed E-state index contributed by atoms with van der Waals surface area (Å²) in [5.74, 6) is 0.207. The van der Waals surface area contributed by atoms with Crippen LogP contribution >= 0.6 is 0 Å². The average molecular weight is 348 g/mol. The van der Waals surface area contributed by atoms with Crippen molar-refractivity contribution in [2.45, 2.75) is 13.1 Å². The molecule has 3 heterocycles. The molecular formula is C15H11F3N6O. The number of nitrogens with zero attached hydrogens (tertiary/aromatic N) is 5. The van der Waals surface area contributed by atoms with E-state index in [0.717, 1.165) is 16.3 Å². The minimum Gasteiger partial charge on any atom is -0.305 e. The van der Waals surface area contributed by atoms with Gasteiger partial charge in [0.05, 0.1) is 16.8 Å². The van der Waals surface area contributed by atoms with Gasteiger partial charge in [0.15, 0.2) is 5.65 Å². The number of fused-ring (bicyclic) bond motifs is 3. The van der Waals surface area contributed by atoms with Crippen LogP contribution in [0.3, 0.4) is 0 Å². The Morgan fingerprint density at radius 2 is 1.96 bits per heavy atom. The number of hydrogen-bond acceptors (Lipinski definition) is 4. The van der Waals surface area contributed by atoms with Crippen LogP contribution in [0.4, 0.5) is 13.2 Å². The van der Waals surface area contributed by atoms with Gasteiger partial charge >= 0.3 is 11.9 Å². The highest BCUT2D eigenvalue weighted by molar-refractivity contribution is 5.93. The number of aryl methyl sites for hydroxylation is 2. The zero-order valence-electron chi connectivity index (χ0n) is 13.1. The minimum absolute atomic E-state index is 0.0544. The van der Waals surface area contributed by atoms with Crippen molar-refractivity contribution in [1.82, 2.24) is 29.4 Å². The Hall–Kier alpha value is -3.17. The molecule has 0 unspecified atom stereocenters. The summed E-state index contributed by atoms with van der Waals surface area (Å²) in [6.07, 6.45) is -4.59. The fourth-order valence-corrected chi connectivity index (χ4v) is 2.83. The number of nitrogens with one attached hydrogen (secondary N) is 1. The summed E-state index contributed by atoms with van der Waals surface area (Å²) < 4.78 is 42.1. The molecule has 3 aromatic heterocycles. The van der Waals surface area contributed by atoms with Crippen molar-refractivity contribution in [3.8, 4) is 11.5 Å². The Morgan fingerprint density at radius 1 is 1.20 bits per heavy atom. The molecule has 0 saturated heterocycles. The van der Waals surface area contributed by atoms with Crippen LogP contribution in [-0.2, 0) is 13.2 Å². The van der Waals surface area contributed by atoms with E-state index in [0.29, 0.717) is 5.69 Å². The first kappa shape index (κ1) is 15.4. The maximum atomic E-state index is 13.2. The number of aromatic nitrogens is 6. The van der Waals surface area contributed by atoms with Crippen molar-refractivity contribution >= 4 is 16.6 Å². The molecule has 0 aliphatic carbocycles. The van der Waals surface area contributed by atoms with Gasteiger partial charge < -0.3 is 4.98 Å². The molecule has 0 aliphatic rings. The molecule has 25 heavy (non-hydrogen) atoms. The number of aromatic amines is 1. The molecule has 0 atom stereocenters. The van der Waals surface area contributed by atoms with E-state index in [1.165, 1.54) is 12.1 Å². The molecule has 7 nitrogen and oxygen atoms in total. The number of benzene rings is 1. The third-order valence-corrected chi connectivity index (χ3v) is 3.87. The molecule has 1 aromatic carbocycles. The van der Waals surface area contributed by atoms with Gasteiger partial charge in [-0.15, -0.1) is 5.10 Å². The third-order valence-electron chi connectivity index (χ3n) is 3.87. The molecule has 0 aliphatic heterocycles. The summed E-state index contributed by atoms with van der Waals surface area (Å²) in [6, 6.07) is 5.37. The second-order valence-electron chi connectivity index (χ2n) is 5.62. The van der Waals surface area contributed by atoms with E-state index in [1.807, 2.05) is 0 Å². The van der Waals surface area contributed by atoms with E-state index in [4.69, 9.17) is 0 Å². The highest BCUT2D eigenvalue weighted by Gasteiger charge is 2.33. The summed E-state index contributed by atoms with van der Waals surface area (Å²) in [4.78, 5) is 18.7. The molecule has 0 amide bonds. The van der Waals surface area contributed by atoms with Crippen LogP contribution in [0.5, 0.6) is 0 Å². The first-order chi connectivity index (χ1) is 11.8. The predicted octanol–water partition coefficient (Wildman–Crippen LogP) is 2.30. The van der Waals surface area contributed by atoms with Gasteiger partial charge in [0.2, 0.25) is 5.82 Å². The summed E-state index contributed by atoms with van der Waals surface area (Å²) >= 11 is 0. The van der Waals surface area contributed by atoms with Crippen molar-refractivity contribution in [3.63, 3.8) is 0 Å². The number of hydrogen-bond donors (Lipinski definition) is 1. The zero-order chi connectivity index (χ0) is 17.9. The number of alkyl halides is 3. The monoisotopic (exact) mass is 348 g/mol. The van der Waals surface area contributed by atoms with Gasteiger partial charge in [-0.2, -0.15) is 22.8 Å². The average Bonchev–Trinajstić information content (AvgIpc) is 3.09. The second kappa shape index (κ2) is 4.91. The van der Waals surface area contributed by atoms with Crippen molar-refractivity contribution < 1.29 is 13.2 Å². The molecule has 0 fully saturated rings. The van der Waals surface area contributed by atoms with Crippen molar-refractivity contribution in [2.75, 3.05) is 0 Å². The standard InChI is InChI=1S/C15H11F3N6O/c1-7-6-10(23(2)21-7)12-20-13-8-4-3-5-9(15(16,17)18)11(8)19-14(25)24(13)22-12/h3-6H,1-2H3,(H,19,25). The van der Waals surface area contributed by atoms with E-state index in [1.54, 1.807) is 24.7 Å². The SMILES string of the molecule is Cc1cc(-c2nc3c4cccc(C(F)(F)F)c4[nH]c(=O)n3n2)n(C)n1. The molecular weight excluding hydrogens is 337 g/mol. The van der Waals surface area contributed by atoms with E-state index < -0.39 is 17.4 Å². The smallest absolute Gasteiger partial charge is 0.305 e. The summed E-state index contributed by atoms with van der Waals surface area (Å²) in [5.41, 5.74) is -0.691. The van der Waals surface area contributed by atoms with Crippen LogP contribution in [-0.4, -0.2) is 29.4 Å². The van der Waals surface area contributed by atoms with Gasteiger partial charge in [-0.3, -0.25) is 4.68 Å². The Bertz CT molecular complexity index is 1180. The first-order valence-corrected chi connectivity index (χ1v) is 7.25. The van der Waals surface area contributed by atoms with Crippen molar-refractivity contribution in [1.29, 1.82) is 0 Å². The highest BCUT2D eigenvalue weighted by Crippen LogP contribution is 2.34. The van der Waals surface area contributed by atoms with Gasteiger partial charge in [-0.25, -0.2) is 9.78 Å². The Balaban J connectivity index is 2.09. The predicted molar refractivity (Wildman–Crippen MR) is 83.1 cm³/mol. The Morgan fingerprint density at radius 3 is 2.60 bits per heavy atom. The molecule has 0 bridgehead atoms. The van der Waals surface area contributed by atoms with E-state index >= 15 is 0 Å². The normalized spacial score (nSPS) is 12.4. The van der Waals surface area contributed by atoms with Crippen LogP contribution in [0, 0.1) is 6.92 Å². The largest absolute Gasteiger partial charge is 0.418 e. The van der Waals surface area contributed by atoms with Crippen molar-refractivity contribution in [2.24, 2.45) is 7.05 Å². The minimum atomic E-state index is -4.59. The molecule has 0 saturated carbocycles. The maximum Gasteiger partial charge on any atom is 0.418 e. The zero-order valence-corrected chi connectivity index (χ0v) is 13.1. The van der Waals surface area contributed by atoms with E-state index in [-0.39, 0.29) is 22.4 Å². The van der Waals surface area contributed by atoms with Crippen LogP contribution < -0.4 is 5.69 Å². The molecule has 128 valence electrons. The van der Waals surface area contributed by atoms with Crippen LogP contribution in [0.2, 0.25) is 0 Å². The molecule has 0 radical (unpaired) electrons. The van der Waals surface area contributed by atoms with Crippen molar-refractivity contribution in [3.05, 3.63) is 46.0 Å². The summed E-state index contributed by atoms with van der Waals surface area (Å²) in [5, 5.41) is 8.46. The number of rotatable bonds is 1. The Labute approximate surface area is 137 Å². The molecule has 10 heteroatoms. The van der Waals surface area contributed by atoms with Gasteiger partial charge in [0.25, 0.3) is 0 Å². The van der Waals surface area contributed by atoms with Gasteiger partial charge in [-0.1, -0.05) is 6.07 Å². The fourth-order valence-electron chi connectivity index (χ4n) is 2.83. The number of para-hydroxylation sites is 1. The van der Waals surface area contributed by atoms with E-state index in [9.17, 15) is 18.0 Å². The molecule has 1 N–H and O–H groups in total. The fraction of sp³-hybridized carbons (Fsp3) is 0.200. The third kappa shape index (κ3) is 2.29. The van der Waals surface area contributed by atoms with Gasteiger partial charge in [-0.05, 0) is 25.1 Å². The summed E-state index contributed by atoms with van der Waals surface area (Å²) in [7, 11) is 1.69. The van der Waals surface area contributed by atoms with Crippen LogP contribution in [0.1, 0.15) is 11.3 Å². The lowest BCUT2D eigenvalue weighted by Crippen LogP contribution is -2.19. The van der Waals surface area contributed by atoms with E-state index in [2.05, 4.69) is 20.2 Å². The van der Waals surface area contributed by atoms with Gasteiger partial charge in [0, 0.05) is 12.4 Å². The Kier molecular flexibility index (Phi) is 3.02. The quantitative estimate of drug-likeness (QED) is 0.572. The van der Waals surface area contributed by atoms with Gasteiger partial charge in [0.1, 0.15) is 5.69 Å². The molecule has 4 rings (SSSR count). The number of H-pyrrole nitrogens is 1. The second-order valence-corrected chi connectivity index (χ2v) is 5.62. The lowest BCUT2D eigenvalue weighted by atomic mass is 10.1. The number of halogens is 3. The van der Waals surface area contributed by atoms with Crippen LogP contribution in [0.15, 0.2) is 29.1 Å². The lowest BCUT2D eigenvalue weighted by molar-refractivity contribution is -0.136.